The van der Waals surface area contributed by atoms with E-state index in [4.69, 9.17) is 23.2 Å². The first-order chi connectivity index (χ1) is 8.66. The molecule has 0 spiro atoms. The molecule has 0 atom stereocenters. The second-order valence-electron chi connectivity index (χ2n) is 4.96. The Bertz CT molecular complexity index is 380. The predicted octanol–water partition coefficient (Wildman–Crippen LogP) is 5.51. The molecule has 1 fully saturated rings. The Hall–Kier alpha value is -0.470. The molecule has 0 amide bonds. The number of hydrogen-bond acceptors (Lipinski definition) is 1. The third kappa shape index (κ3) is 3.76. The maximum Gasteiger partial charge on any atom is 0.126 e. The zero-order chi connectivity index (χ0) is 13.0. The average Bonchev–Trinajstić information content (AvgIpc) is 2.34. The molecule has 1 nitrogen and oxygen atoms in total. The molecule has 1 N–H and O–H groups in total. The molecule has 0 saturated heterocycles. The fourth-order valence-electron chi connectivity index (χ4n) is 2.59. The number of anilines is 1. The summed E-state index contributed by atoms with van der Waals surface area (Å²) >= 11 is 11.9. The topological polar surface area (TPSA) is 12.0 Å². The van der Waals surface area contributed by atoms with Gasteiger partial charge in [0.05, 0.1) is 15.7 Å². The van der Waals surface area contributed by atoms with Crippen molar-refractivity contribution in [1.29, 1.82) is 0 Å². The molecule has 1 aromatic carbocycles. The van der Waals surface area contributed by atoms with Crippen molar-refractivity contribution in [2.45, 2.75) is 38.5 Å². The van der Waals surface area contributed by atoms with Crippen LogP contribution in [0.15, 0.2) is 12.1 Å². The first-order valence-corrected chi connectivity index (χ1v) is 7.31. The van der Waals surface area contributed by atoms with Crippen LogP contribution < -0.4 is 5.32 Å². The average molecular weight is 290 g/mol. The Morgan fingerprint density at radius 2 is 1.72 bits per heavy atom. The minimum Gasteiger partial charge on any atom is -0.383 e. The van der Waals surface area contributed by atoms with Crippen molar-refractivity contribution in [1.82, 2.24) is 0 Å². The Morgan fingerprint density at radius 3 is 2.33 bits per heavy atom. The molecule has 0 aromatic heterocycles. The van der Waals surface area contributed by atoms with Crippen molar-refractivity contribution in [3.05, 3.63) is 28.0 Å². The molecule has 18 heavy (non-hydrogen) atoms. The summed E-state index contributed by atoms with van der Waals surface area (Å²) in [6.07, 6.45) is 7.86. The molecule has 0 unspecified atom stereocenters. The third-order valence-electron chi connectivity index (χ3n) is 3.59. The van der Waals surface area contributed by atoms with Gasteiger partial charge in [-0.05, 0) is 24.5 Å². The molecule has 100 valence electrons. The van der Waals surface area contributed by atoms with E-state index >= 15 is 0 Å². The largest absolute Gasteiger partial charge is 0.383 e. The van der Waals surface area contributed by atoms with Gasteiger partial charge < -0.3 is 5.32 Å². The molecule has 0 bridgehead atoms. The van der Waals surface area contributed by atoms with E-state index in [-0.39, 0.29) is 0 Å². The van der Waals surface area contributed by atoms with Crippen molar-refractivity contribution in [2.75, 3.05) is 11.9 Å². The van der Waals surface area contributed by atoms with Crippen LogP contribution >= 0.6 is 23.2 Å². The first-order valence-electron chi connectivity index (χ1n) is 6.55. The zero-order valence-corrected chi connectivity index (χ0v) is 11.8. The number of halogens is 3. The van der Waals surface area contributed by atoms with Crippen LogP contribution in [0.4, 0.5) is 10.1 Å². The summed E-state index contributed by atoms with van der Waals surface area (Å²) in [4.78, 5) is 0. The van der Waals surface area contributed by atoms with E-state index in [1.54, 1.807) is 0 Å². The lowest BCUT2D eigenvalue weighted by atomic mass is 9.87. The van der Waals surface area contributed by atoms with Gasteiger partial charge in [0.2, 0.25) is 0 Å². The van der Waals surface area contributed by atoms with Crippen molar-refractivity contribution in [3.8, 4) is 0 Å². The zero-order valence-electron chi connectivity index (χ0n) is 10.3. The monoisotopic (exact) mass is 289 g/mol. The van der Waals surface area contributed by atoms with E-state index in [1.165, 1.54) is 44.2 Å². The summed E-state index contributed by atoms with van der Waals surface area (Å²) in [5.74, 6) is 0.409. The van der Waals surface area contributed by atoms with E-state index in [2.05, 4.69) is 5.32 Å². The number of rotatable bonds is 4. The maximum atomic E-state index is 13.0. The van der Waals surface area contributed by atoms with Gasteiger partial charge in [-0.1, -0.05) is 55.3 Å². The molecular formula is C14H18Cl2FN. The Kier molecular flexibility index (Phi) is 5.13. The van der Waals surface area contributed by atoms with Gasteiger partial charge in [0.15, 0.2) is 0 Å². The Morgan fingerprint density at radius 1 is 1.11 bits per heavy atom. The van der Waals surface area contributed by atoms with Crippen LogP contribution in [-0.2, 0) is 0 Å². The highest BCUT2D eigenvalue weighted by Gasteiger charge is 2.13. The van der Waals surface area contributed by atoms with Gasteiger partial charge in [0, 0.05) is 6.54 Å². The van der Waals surface area contributed by atoms with Crippen LogP contribution in [0.5, 0.6) is 0 Å². The van der Waals surface area contributed by atoms with E-state index in [1.807, 2.05) is 0 Å². The smallest absolute Gasteiger partial charge is 0.126 e. The van der Waals surface area contributed by atoms with Crippen LogP contribution in [0.1, 0.15) is 38.5 Å². The highest BCUT2D eigenvalue weighted by atomic mass is 35.5. The second-order valence-corrected chi connectivity index (χ2v) is 5.78. The Balaban J connectivity index is 1.86. The summed E-state index contributed by atoms with van der Waals surface area (Å²) in [5, 5.41) is 3.93. The van der Waals surface area contributed by atoms with Gasteiger partial charge in [0.25, 0.3) is 0 Å². The van der Waals surface area contributed by atoms with Crippen LogP contribution in [0.3, 0.4) is 0 Å². The van der Waals surface area contributed by atoms with Crippen molar-refractivity contribution in [2.24, 2.45) is 5.92 Å². The molecule has 0 heterocycles. The van der Waals surface area contributed by atoms with E-state index in [0.717, 1.165) is 18.9 Å². The fourth-order valence-corrected chi connectivity index (χ4v) is 3.18. The van der Waals surface area contributed by atoms with Crippen LogP contribution in [0.25, 0.3) is 0 Å². The van der Waals surface area contributed by atoms with E-state index in [0.29, 0.717) is 15.7 Å². The van der Waals surface area contributed by atoms with Gasteiger partial charge in [-0.3, -0.25) is 0 Å². The summed E-state index contributed by atoms with van der Waals surface area (Å²) in [7, 11) is 0. The van der Waals surface area contributed by atoms with E-state index in [9.17, 15) is 4.39 Å². The van der Waals surface area contributed by atoms with Crippen molar-refractivity contribution < 1.29 is 4.39 Å². The molecule has 0 aliphatic heterocycles. The lowest BCUT2D eigenvalue weighted by Gasteiger charge is -2.22. The fraction of sp³-hybridized carbons (Fsp3) is 0.571. The van der Waals surface area contributed by atoms with Crippen LogP contribution in [-0.4, -0.2) is 6.54 Å². The van der Waals surface area contributed by atoms with E-state index < -0.39 is 5.82 Å². The number of nitrogens with one attached hydrogen (secondary N) is 1. The standard InChI is InChI=1S/C14H18Cl2FN/c15-12-8-11(17)9-13(16)14(12)18-7-6-10-4-2-1-3-5-10/h8-10,18H,1-7H2. The minimum absolute atomic E-state index is 0.351. The quantitative estimate of drug-likeness (QED) is 0.770. The summed E-state index contributed by atoms with van der Waals surface area (Å²) in [6.45, 7) is 0.843. The lowest BCUT2D eigenvalue weighted by molar-refractivity contribution is 0.345. The normalized spacial score (nSPS) is 16.8. The van der Waals surface area contributed by atoms with Gasteiger partial charge in [-0.15, -0.1) is 0 Å². The Labute approximate surface area is 118 Å². The molecule has 1 aromatic rings. The lowest BCUT2D eigenvalue weighted by Crippen LogP contribution is -2.12. The third-order valence-corrected chi connectivity index (χ3v) is 4.18. The molecule has 1 saturated carbocycles. The van der Waals surface area contributed by atoms with Gasteiger partial charge in [-0.25, -0.2) is 4.39 Å². The van der Waals surface area contributed by atoms with Crippen LogP contribution in [0.2, 0.25) is 10.0 Å². The SMILES string of the molecule is Fc1cc(Cl)c(NCCC2CCCCC2)c(Cl)c1. The van der Waals surface area contributed by atoms with Crippen molar-refractivity contribution >= 4 is 28.9 Å². The van der Waals surface area contributed by atoms with Crippen molar-refractivity contribution in [3.63, 3.8) is 0 Å². The van der Waals surface area contributed by atoms with Crippen LogP contribution in [0, 0.1) is 11.7 Å². The van der Waals surface area contributed by atoms with Gasteiger partial charge in [0.1, 0.15) is 5.82 Å². The first kappa shape index (κ1) is 14.0. The predicted molar refractivity (Wildman–Crippen MR) is 76.1 cm³/mol. The highest BCUT2D eigenvalue weighted by Crippen LogP contribution is 2.32. The number of benzene rings is 1. The summed E-state index contributed by atoms with van der Waals surface area (Å²) < 4.78 is 13.0. The molecule has 4 heteroatoms. The summed E-state index contributed by atoms with van der Waals surface area (Å²) in [6, 6.07) is 2.58. The molecule has 2 rings (SSSR count). The molecule has 0 radical (unpaired) electrons. The summed E-state index contributed by atoms with van der Waals surface area (Å²) in [5.41, 5.74) is 0.649. The minimum atomic E-state index is -0.400. The number of hydrogen-bond donors (Lipinski definition) is 1. The van der Waals surface area contributed by atoms with Gasteiger partial charge >= 0.3 is 0 Å². The maximum absolute atomic E-state index is 13.0. The highest BCUT2D eigenvalue weighted by molar-refractivity contribution is 6.39. The molecule has 1 aliphatic carbocycles. The molecule has 1 aliphatic rings. The molecular weight excluding hydrogens is 272 g/mol. The van der Waals surface area contributed by atoms with Gasteiger partial charge in [-0.2, -0.15) is 0 Å². The second kappa shape index (κ2) is 6.63.